The molecule has 1 aliphatic carbocycles. The normalized spacial score (nSPS) is 21.4. The number of pyridine rings is 1. The van der Waals surface area contributed by atoms with Crippen LogP contribution in [-0.2, 0) is 11.2 Å². The van der Waals surface area contributed by atoms with Gasteiger partial charge in [-0.1, -0.05) is 19.9 Å². The highest BCUT2D eigenvalue weighted by molar-refractivity contribution is 6.01. The Morgan fingerprint density at radius 2 is 1.98 bits per heavy atom. The molecule has 2 fully saturated rings. The van der Waals surface area contributed by atoms with Crippen molar-refractivity contribution in [1.29, 1.82) is 0 Å². The van der Waals surface area contributed by atoms with E-state index in [0.29, 0.717) is 57.8 Å². The summed E-state index contributed by atoms with van der Waals surface area (Å²) in [6.45, 7) is 6.75. The van der Waals surface area contributed by atoms with Crippen LogP contribution in [0.4, 0.5) is 14.6 Å². The maximum atomic E-state index is 17.0. The first-order valence-electron chi connectivity index (χ1n) is 16.0. The minimum absolute atomic E-state index is 0.00159. The molecule has 2 aromatic carbocycles. The van der Waals surface area contributed by atoms with Gasteiger partial charge in [-0.25, -0.2) is 8.78 Å². The van der Waals surface area contributed by atoms with Gasteiger partial charge in [-0.3, -0.25) is 4.98 Å². The van der Waals surface area contributed by atoms with Crippen LogP contribution in [0.1, 0.15) is 38.7 Å². The van der Waals surface area contributed by atoms with Crippen molar-refractivity contribution in [1.82, 2.24) is 19.9 Å². The highest BCUT2D eigenvalue weighted by atomic mass is 19.1. The fourth-order valence-corrected chi connectivity index (χ4v) is 7.07. The van der Waals surface area contributed by atoms with E-state index in [9.17, 15) is 5.11 Å². The van der Waals surface area contributed by atoms with Crippen molar-refractivity contribution in [3.8, 4) is 23.0 Å². The Balaban J connectivity index is 1.51. The number of hydrogen-bond donors (Lipinski definition) is 1. The van der Waals surface area contributed by atoms with Crippen molar-refractivity contribution in [2.45, 2.75) is 39.5 Å². The average molecular weight is 636 g/mol. The Morgan fingerprint density at radius 1 is 1.15 bits per heavy atom. The first-order valence-corrected chi connectivity index (χ1v) is 16.0. The third-order valence-corrected chi connectivity index (χ3v) is 9.39. The Bertz CT molecular complexity index is 1740. The molecule has 1 saturated heterocycles. The van der Waals surface area contributed by atoms with Crippen LogP contribution in [0.2, 0.25) is 0 Å². The second-order valence-corrected chi connectivity index (χ2v) is 13.2. The van der Waals surface area contributed by atoms with E-state index in [4.69, 9.17) is 19.2 Å². The molecule has 2 unspecified atom stereocenters. The highest BCUT2D eigenvalue weighted by Crippen LogP contribution is 2.52. The maximum Gasteiger partial charge on any atom is 0.319 e. The molecule has 1 saturated carbocycles. The molecule has 11 heteroatoms. The number of nitrogens with zero attached hydrogens (tertiary/aromatic N) is 5. The van der Waals surface area contributed by atoms with Gasteiger partial charge in [-0.05, 0) is 86.1 Å². The topological polar surface area (TPSA) is 93.1 Å². The molecule has 2 aliphatic rings. The van der Waals surface area contributed by atoms with Gasteiger partial charge < -0.3 is 29.1 Å². The molecule has 0 radical (unpaired) electrons. The van der Waals surface area contributed by atoms with Crippen LogP contribution in [-0.4, -0.2) is 85.8 Å². The number of rotatable bonds is 12. The monoisotopic (exact) mass is 635 g/mol. The zero-order valence-electron chi connectivity index (χ0n) is 27.3. The van der Waals surface area contributed by atoms with E-state index >= 15 is 8.78 Å². The molecule has 3 heterocycles. The summed E-state index contributed by atoms with van der Waals surface area (Å²) in [6.07, 6.45) is 4.96. The predicted octanol–water partition coefficient (Wildman–Crippen LogP) is 5.84. The summed E-state index contributed by atoms with van der Waals surface area (Å²) in [5.74, 6) is 0.597. The van der Waals surface area contributed by atoms with Gasteiger partial charge in [0.25, 0.3) is 0 Å². The maximum absolute atomic E-state index is 17.0. The van der Waals surface area contributed by atoms with Crippen LogP contribution in [0, 0.1) is 28.9 Å². The standard InChI is InChI=1S/C35H43F2N5O4/c1-6-25-28(36)10-9-22-12-24(46-20-44-5)13-26(29(22)25)31-30(37)32-27(15-38-31)33(42-11-7-8-21(2)16-42)40-34(39-32)45-19-35(18-41(3)4)14-23(35)17-43/h9-10,12-13,15,21,23,43H,6-8,11,14,16-20H2,1-5H3/t21-,23?,35?/m1/s1. The van der Waals surface area contributed by atoms with Gasteiger partial charge in [0.2, 0.25) is 0 Å². The number of aliphatic hydroxyl groups is 1. The highest BCUT2D eigenvalue weighted by Gasteiger charge is 2.54. The molecule has 0 amide bonds. The Hall–Kier alpha value is -3.67. The van der Waals surface area contributed by atoms with Gasteiger partial charge in [0.05, 0.1) is 12.0 Å². The van der Waals surface area contributed by atoms with E-state index in [1.54, 1.807) is 24.4 Å². The fraction of sp³-hybridized carbons (Fsp3) is 0.514. The number of piperidine rings is 1. The molecule has 3 atom stereocenters. The van der Waals surface area contributed by atoms with Gasteiger partial charge in [0.1, 0.15) is 28.6 Å². The van der Waals surface area contributed by atoms with E-state index in [0.717, 1.165) is 38.9 Å². The number of aromatic nitrogens is 3. The van der Waals surface area contributed by atoms with Crippen LogP contribution < -0.4 is 14.4 Å². The van der Waals surface area contributed by atoms with E-state index < -0.39 is 5.82 Å². The lowest BCUT2D eigenvalue weighted by molar-refractivity contribution is 0.0512. The molecule has 6 rings (SSSR count). The third kappa shape index (κ3) is 6.20. The molecule has 246 valence electrons. The molecule has 9 nitrogen and oxygen atoms in total. The zero-order valence-corrected chi connectivity index (χ0v) is 27.3. The summed E-state index contributed by atoms with van der Waals surface area (Å²) in [5, 5.41) is 11.7. The van der Waals surface area contributed by atoms with Gasteiger partial charge >= 0.3 is 6.01 Å². The summed E-state index contributed by atoms with van der Waals surface area (Å²) < 4.78 is 49.2. The molecule has 2 aromatic heterocycles. The van der Waals surface area contributed by atoms with Gasteiger partial charge in [-0.15, -0.1) is 0 Å². The smallest absolute Gasteiger partial charge is 0.319 e. The minimum atomic E-state index is -0.643. The molecule has 0 spiro atoms. The number of anilines is 1. The SMILES string of the molecule is CCc1c(F)ccc2cc(OCOC)cc(-c3ncc4c(N5CCC[C@@H](C)C5)nc(OCC5(CN(C)C)CC5CO)nc4c3F)c12. The van der Waals surface area contributed by atoms with Gasteiger partial charge in [0, 0.05) is 50.5 Å². The summed E-state index contributed by atoms with van der Waals surface area (Å²) >= 11 is 0. The van der Waals surface area contributed by atoms with Crippen molar-refractivity contribution >= 4 is 27.5 Å². The number of hydrogen-bond acceptors (Lipinski definition) is 9. The third-order valence-electron chi connectivity index (χ3n) is 9.39. The Kier molecular flexibility index (Phi) is 9.27. The minimum Gasteiger partial charge on any atom is -0.468 e. The number of ether oxygens (including phenoxy) is 3. The van der Waals surface area contributed by atoms with E-state index in [1.165, 1.54) is 13.2 Å². The molecular formula is C35H43F2N5O4. The van der Waals surface area contributed by atoms with Crippen molar-refractivity contribution in [3.63, 3.8) is 0 Å². The number of benzene rings is 2. The van der Waals surface area contributed by atoms with E-state index in [1.807, 2.05) is 21.0 Å². The number of aliphatic hydroxyl groups excluding tert-OH is 1. The molecule has 46 heavy (non-hydrogen) atoms. The van der Waals surface area contributed by atoms with Crippen molar-refractivity contribution in [2.75, 3.05) is 65.7 Å². The predicted molar refractivity (Wildman–Crippen MR) is 174 cm³/mol. The lowest BCUT2D eigenvalue weighted by Crippen LogP contribution is -2.35. The van der Waals surface area contributed by atoms with Crippen LogP contribution in [0.15, 0.2) is 30.5 Å². The van der Waals surface area contributed by atoms with Crippen molar-refractivity contribution in [3.05, 3.63) is 47.7 Å². The summed E-state index contributed by atoms with van der Waals surface area (Å²) in [6, 6.07) is 6.64. The molecule has 4 aromatic rings. The fourth-order valence-electron chi connectivity index (χ4n) is 7.07. The van der Waals surface area contributed by atoms with E-state index in [2.05, 4.69) is 26.7 Å². The molecular weight excluding hydrogens is 592 g/mol. The quantitative estimate of drug-likeness (QED) is 0.193. The van der Waals surface area contributed by atoms with Crippen molar-refractivity contribution < 1.29 is 28.1 Å². The number of halogens is 2. The van der Waals surface area contributed by atoms with Crippen LogP contribution in [0.5, 0.6) is 11.8 Å². The number of fused-ring (bicyclic) bond motifs is 2. The number of methoxy groups -OCH3 is 1. The Morgan fingerprint density at radius 3 is 2.67 bits per heavy atom. The first kappa shape index (κ1) is 32.3. The molecule has 0 bridgehead atoms. The number of aryl methyl sites for hydroxylation is 1. The average Bonchev–Trinajstić information content (AvgIpc) is 3.74. The lowest BCUT2D eigenvalue weighted by atomic mass is 9.94. The molecule has 1 N–H and O–H groups in total. The van der Waals surface area contributed by atoms with Crippen molar-refractivity contribution in [2.24, 2.45) is 17.3 Å². The van der Waals surface area contributed by atoms with E-state index in [-0.39, 0.29) is 47.8 Å². The summed E-state index contributed by atoms with van der Waals surface area (Å²) in [4.78, 5) is 18.3. The first-order chi connectivity index (χ1) is 22.2. The van der Waals surface area contributed by atoms with Gasteiger partial charge in [-0.2, -0.15) is 9.97 Å². The Labute approximate surface area is 268 Å². The summed E-state index contributed by atoms with van der Waals surface area (Å²) in [5.41, 5.74) is 0.777. The lowest BCUT2D eigenvalue weighted by Gasteiger charge is -2.32. The largest absolute Gasteiger partial charge is 0.468 e. The van der Waals surface area contributed by atoms with Crippen LogP contribution in [0.3, 0.4) is 0 Å². The van der Waals surface area contributed by atoms with Crippen LogP contribution >= 0.6 is 0 Å². The second-order valence-electron chi connectivity index (χ2n) is 13.2. The summed E-state index contributed by atoms with van der Waals surface area (Å²) in [7, 11) is 5.51. The second kappa shape index (κ2) is 13.2. The van der Waals surface area contributed by atoms with Crippen LogP contribution in [0.25, 0.3) is 32.9 Å². The van der Waals surface area contributed by atoms with Gasteiger partial charge in [0.15, 0.2) is 12.6 Å². The molecule has 1 aliphatic heterocycles. The zero-order chi connectivity index (χ0) is 32.6.